The molecule has 10 heteroatoms. The molecule has 0 radical (unpaired) electrons. The van der Waals surface area contributed by atoms with Crippen molar-refractivity contribution in [3.05, 3.63) is 47.5 Å². The minimum Gasteiger partial charge on any atom is -0.497 e. The van der Waals surface area contributed by atoms with Crippen LogP contribution in [-0.2, 0) is 16.4 Å². The minimum absolute atomic E-state index is 0.0353. The quantitative estimate of drug-likeness (QED) is 0.431. The number of hydrogen-bond donors (Lipinski definition) is 3. The van der Waals surface area contributed by atoms with E-state index < -0.39 is 15.7 Å². The summed E-state index contributed by atoms with van der Waals surface area (Å²) in [7, 11) is 1.17. The first-order valence-electron chi connectivity index (χ1n) is 9.90. The summed E-state index contributed by atoms with van der Waals surface area (Å²) < 4.78 is 32.5. The maximum atomic E-state index is 13.7. The van der Waals surface area contributed by atoms with Gasteiger partial charge in [0.25, 0.3) is 5.91 Å². The summed E-state index contributed by atoms with van der Waals surface area (Å²) in [5.74, 6) is -0.358. The Morgan fingerprint density at radius 3 is 2.29 bits per heavy atom. The van der Waals surface area contributed by atoms with Gasteiger partial charge in [0.2, 0.25) is 9.84 Å². The van der Waals surface area contributed by atoms with Crippen LogP contribution >= 0.6 is 0 Å². The molecule has 3 rings (SSSR count). The molecule has 1 aliphatic heterocycles. The second-order valence-corrected chi connectivity index (χ2v) is 9.30. The molecule has 0 atom stereocenters. The molecule has 1 fully saturated rings. The van der Waals surface area contributed by atoms with E-state index in [1.165, 1.54) is 25.3 Å². The van der Waals surface area contributed by atoms with E-state index in [0.717, 1.165) is 26.2 Å². The van der Waals surface area contributed by atoms with Gasteiger partial charge in [-0.25, -0.2) is 13.9 Å². The van der Waals surface area contributed by atoms with Crippen LogP contribution in [0, 0.1) is 0 Å². The molecule has 1 saturated heterocycles. The molecule has 1 amide bonds. The van der Waals surface area contributed by atoms with Gasteiger partial charge in [-0.05, 0) is 43.4 Å². The van der Waals surface area contributed by atoms with Gasteiger partial charge < -0.3 is 15.0 Å². The van der Waals surface area contributed by atoms with E-state index in [9.17, 15) is 18.4 Å². The van der Waals surface area contributed by atoms with E-state index in [0.29, 0.717) is 23.5 Å². The monoisotopic (exact) mass is 448 g/mol. The number of likely N-dealkylation sites (N-methyl/N-ethyl adjacent to an activating group) is 1. The third-order valence-electron chi connectivity index (χ3n) is 5.49. The molecule has 1 heterocycles. The maximum absolute atomic E-state index is 13.7. The molecule has 0 bridgehead atoms. The van der Waals surface area contributed by atoms with Crippen molar-refractivity contribution >= 4 is 21.4 Å². The van der Waals surface area contributed by atoms with E-state index >= 15 is 0 Å². The lowest BCUT2D eigenvalue weighted by molar-refractivity contribution is 0.0702. The smallest absolute Gasteiger partial charge is 0.275 e. The lowest BCUT2D eigenvalue weighted by Crippen LogP contribution is -2.44. The van der Waals surface area contributed by atoms with Crippen LogP contribution in [0.3, 0.4) is 0 Å². The van der Waals surface area contributed by atoms with Crippen molar-refractivity contribution in [2.45, 2.75) is 16.3 Å². The Balaban J connectivity index is 2.17. The van der Waals surface area contributed by atoms with Crippen LogP contribution in [0.5, 0.6) is 5.75 Å². The summed E-state index contributed by atoms with van der Waals surface area (Å²) in [5.41, 5.74) is 2.57. The number of nitrogens with zero attached hydrogens (tertiary/aromatic N) is 2. The number of hydrogen-bond acceptors (Lipinski definition) is 8. The van der Waals surface area contributed by atoms with Crippen molar-refractivity contribution < 1.29 is 23.2 Å². The Morgan fingerprint density at radius 1 is 1.10 bits per heavy atom. The summed E-state index contributed by atoms with van der Waals surface area (Å²) in [6.45, 7) is 3.63. The van der Waals surface area contributed by atoms with E-state index in [4.69, 9.17) is 4.74 Å². The van der Waals surface area contributed by atoms with Gasteiger partial charge in [-0.1, -0.05) is 0 Å². The maximum Gasteiger partial charge on any atom is 0.275 e. The van der Waals surface area contributed by atoms with Crippen LogP contribution in [0.4, 0.5) is 5.69 Å². The fraction of sp³-hybridized carbons (Fsp3) is 0.381. The van der Waals surface area contributed by atoms with Crippen molar-refractivity contribution in [1.29, 1.82) is 0 Å². The zero-order valence-electron chi connectivity index (χ0n) is 17.9. The third kappa shape index (κ3) is 4.82. The van der Waals surface area contributed by atoms with Gasteiger partial charge in [0.1, 0.15) is 5.75 Å². The third-order valence-corrected chi connectivity index (χ3v) is 7.39. The molecular formula is C21H28N4O5S. The molecule has 31 heavy (non-hydrogen) atoms. The van der Waals surface area contributed by atoms with Crippen molar-refractivity contribution in [2.75, 3.05) is 52.7 Å². The standard InChI is InChI=1S/C21H28N4O5S/c1-22-19-9-8-17(21(26)23-27)20(18(19)14-25-12-10-24(2)11-13-25)31(28,29)16-6-4-15(30-3)5-7-16/h4-9,22,27H,10-14H2,1-3H3,(H,23,26). The molecule has 9 nitrogen and oxygen atoms in total. The first kappa shape index (κ1) is 23.0. The second kappa shape index (κ2) is 9.65. The van der Waals surface area contributed by atoms with Gasteiger partial charge in [-0.15, -0.1) is 0 Å². The SMILES string of the molecule is CNc1ccc(C(=O)NO)c(S(=O)(=O)c2ccc(OC)cc2)c1CN1CCN(C)CC1. The molecule has 0 spiro atoms. The largest absolute Gasteiger partial charge is 0.497 e. The Bertz CT molecular complexity index is 1030. The molecule has 3 N–H and O–H groups in total. The minimum atomic E-state index is -4.08. The normalized spacial score (nSPS) is 15.5. The van der Waals surface area contributed by atoms with E-state index in [-0.39, 0.29) is 15.4 Å². The zero-order valence-corrected chi connectivity index (χ0v) is 18.7. The fourth-order valence-electron chi connectivity index (χ4n) is 3.67. The van der Waals surface area contributed by atoms with Crippen LogP contribution < -0.4 is 15.5 Å². The number of amides is 1. The molecule has 0 saturated carbocycles. The Hall–Kier alpha value is -2.66. The van der Waals surface area contributed by atoms with Crippen molar-refractivity contribution in [3.8, 4) is 5.75 Å². The highest BCUT2D eigenvalue weighted by atomic mass is 32.2. The van der Waals surface area contributed by atoms with E-state index in [1.54, 1.807) is 30.7 Å². The molecule has 0 aromatic heterocycles. The summed E-state index contributed by atoms with van der Waals surface area (Å²) in [6.07, 6.45) is 0. The number of nitrogens with one attached hydrogen (secondary N) is 2. The first-order valence-corrected chi connectivity index (χ1v) is 11.4. The summed E-state index contributed by atoms with van der Waals surface area (Å²) >= 11 is 0. The number of benzene rings is 2. The second-order valence-electron chi connectivity index (χ2n) is 7.42. The van der Waals surface area contributed by atoms with Gasteiger partial charge in [0.05, 0.1) is 22.5 Å². The number of ether oxygens (including phenoxy) is 1. The van der Waals surface area contributed by atoms with Crippen LogP contribution in [0.1, 0.15) is 15.9 Å². The average molecular weight is 449 g/mol. The number of methoxy groups -OCH3 is 1. The summed E-state index contributed by atoms with van der Waals surface area (Å²) in [6, 6.07) is 9.06. The number of anilines is 1. The van der Waals surface area contributed by atoms with Crippen LogP contribution in [-0.4, -0.2) is 76.7 Å². The molecule has 0 unspecified atom stereocenters. The molecular weight excluding hydrogens is 420 g/mol. The number of hydroxylamine groups is 1. The van der Waals surface area contributed by atoms with Crippen LogP contribution in [0.15, 0.2) is 46.2 Å². The van der Waals surface area contributed by atoms with Gasteiger partial charge >= 0.3 is 0 Å². The van der Waals surface area contributed by atoms with Gasteiger partial charge in [-0.3, -0.25) is 14.9 Å². The van der Waals surface area contributed by atoms with Crippen molar-refractivity contribution in [3.63, 3.8) is 0 Å². The number of carbonyl (C=O) groups excluding carboxylic acids is 1. The number of piperazine rings is 1. The van der Waals surface area contributed by atoms with E-state index in [2.05, 4.69) is 15.1 Å². The Kier molecular flexibility index (Phi) is 7.16. The van der Waals surface area contributed by atoms with Gasteiger partial charge in [-0.2, -0.15) is 0 Å². The predicted molar refractivity (Wildman–Crippen MR) is 116 cm³/mol. The molecule has 168 valence electrons. The highest BCUT2D eigenvalue weighted by Gasteiger charge is 2.31. The molecule has 2 aromatic carbocycles. The highest BCUT2D eigenvalue weighted by Crippen LogP contribution is 2.34. The first-order chi connectivity index (χ1) is 14.8. The lowest BCUT2D eigenvalue weighted by Gasteiger charge is -2.33. The topological polar surface area (TPSA) is 111 Å². The predicted octanol–water partition coefficient (Wildman–Crippen LogP) is 1.44. The van der Waals surface area contributed by atoms with Gasteiger partial charge in [0, 0.05) is 51.0 Å². The van der Waals surface area contributed by atoms with Crippen molar-refractivity contribution in [1.82, 2.24) is 15.3 Å². The molecule has 1 aliphatic rings. The summed E-state index contributed by atoms with van der Waals surface area (Å²) in [5, 5.41) is 12.3. The molecule has 2 aromatic rings. The summed E-state index contributed by atoms with van der Waals surface area (Å²) in [4.78, 5) is 16.7. The van der Waals surface area contributed by atoms with Crippen molar-refractivity contribution in [2.24, 2.45) is 0 Å². The fourth-order valence-corrected chi connectivity index (χ4v) is 5.35. The average Bonchev–Trinajstić information content (AvgIpc) is 2.79. The van der Waals surface area contributed by atoms with Gasteiger partial charge in [0.15, 0.2) is 0 Å². The number of sulfone groups is 1. The zero-order chi connectivity index (χ0) is 22.6. The van der Waals surface area contributed by atoms with Crippen LogP contribution in [0.25, 0.3) is 0 Å². The number of carbonyl (C=O) groups is 1. The number of rotatable bonds is 7. The highest BCUT2D eigenvalue weighted by molar-refractivity contribution is 7.91. The van der Waals surface area contributed by atoms with Crippen LogP contribution in [0.2, 0.25) is 0 Å². The Morgan fingerprint density at radius 2 is 1.74 bits per heavy atom. The molecule has 0 aliphatic carbocycles. The lowest BCUT2D eigenvalue weighted by atomic mass is 10.1. The van der Waals surface area contributed by atoms with E-state index in [1.807, 2.05) is 7.05 Å². The Labute approximate surface area is 182 Å².